The molecule has 2 fully saturated rings. The second-order valence-corrected chi connectivity index (χ2v) is 7.43. The molecular weight excluding hydrogens is 300 g/mol. The summed E-state index contributed by atoms with van der Waals surface area (Å²) in [5.74, 6) is -4.68. The summed E-state index contributed by atoms with van der Waals surface area (Å²) in [4.78, 5) is 22.3. The van der Waals surface area contributed by atoms with E-state index in [1.54, 1.807) is 0 Å². The van der Waals surface area contributed by atoms with Crippen molar-refractivity contribution in [3.05, 3.63) is 0 Å². The molecule has 8 nitrogen and oxygen atoms in total. The first-order valence-corrected chi connectivity index (χ1v) is 8.44. The Hall–Kier alpha value is -1.19. The molecule has 2 saturated heterocycles. The predicted octanol–water partition coefficient (Wildman–Crippen LogP) is -0.176. The van der Waals surface area contributed by atoms with Crippen molar-refractivity contribution in [2.45, 2.75) is 25.7 Å². The number of piperidine rings is 2. The maximum absolute atomic E-state index is 12.5. The summed E-state index contributed by atoms with van der Waals surface area (Å²) in [5, 5.41) is 18.2. The van der Waals surface area contributed by atoms with Gasteiger partial charge >= 0.3 is 11.9 Å². The van der Waals surface area contributed by atoms with Gasteiger partial charge in [-0.15, -0.1) is 0 Å². The SMILES string of the molecule is O=C(O)C1CCN(S(=O)(=O)N2CCCCC2)CC1C(=O)O. The minimum absolute atomic E-state index is 0.0272. The van der Waals surface area contributed by atoms with Crippen molar-refractivity contribution >= 4 is 22.1 Å². The van der Waals surface area contributed by atoms with Crippen LogP contribution >= 0.6 is 0 Å². The molecule has 0 radical (unpaired) electrons. The summed E-state index contributed by atoms with van der Waals surface area (Å²) in [6, 6.07) is 0. The first-order chi connectivity index (χ1) is 9.84. The van der Waals surface area contributed by atoms with E-state index in [1.165, 1.54) is 4.31 Å². The van der Waals surface area contributed by atoms with E-state index in [9.17, 15) is 18.0 Å². The number of hydrogen-bond acceptors (Lipinski definition) is 4. The smallest absolute Gasteiger partial charge is 0.308 e. The minimum atomic E-state index is -3.69. The van der Waals surface area contributed by atoms with Gasteiger partial charge in [0.05, 0.1) is 11.8 Å². The molecule has 0 amide bonds. The van der Waals surface area contributed by atoms with Gasteiger partial charge in [0.2, 0.25) is 0 Å². The average Bonchev–Trinajstić information content (AvgIpc) is 2.47. The lowest BCUT2D eigenvalue weighted by Gasteiger charge is -2.37. The summed E-state index contributed by atoms with van der Waals surface area (Å²) in [7, 11) is -3.69. The second-order valence-electron chi connectivity index (χ2n) is 5.50. The zero-order chi connectivity index (χ0) is 15.6. The highest BCUT2D eigenvalue weighted by molar-refractivity contribution is 7.86. The van der Waals surface area contributed by atoms with E-state index in [0.717, 1.165) is 23.6 Å². The van der Waals surface area contributed by atoms with Crippen LogP contribution in [0.3, 0.4) is 0 Å². The molecule has 0 spiro atoms. The number of carbonyl (C=O) groups is 2. The van der Waals surface area contributed by atoms with Gasteiger partial charge in [-0.25, -0.2) is 0 Å². The molecule has 2 N–H and O–H groups in total. The van der Waals surface area contributed by atoms with E-state index in [0.29, 0.717) is 13.1 Å². The molecule has 2 heterocycles. The highest BCUT2D eigenvalue weighted by Gasteiger charge is 2.43. The van der Waals surface area contributed by atoms with Crippen LogP contribution < -0.4 is 0 Å². The summed E-state index contributed by atoms with van der Waals surface area (Å²) in [6.07, 6.45) is 2.62. The van der Waals surface area contributed by atoms with Crippen molar-refractivity contribution in [3.8, 4) is 0 Å². The monoisotopic (exact) mass is 320 g/mol. The Bertz CT molecular complexity index is 514. The molecule has 0 bridgehead atoms. The van der Waals surface area contributed by atoms with Crippen LogP contribution in [0, 0.1) is 11.8 Å². The lowest BCUT2D eigenvalue weighted by molar-refractivity contribution is -0.156. The fourth-order valence-electron chi connectivity index (χ4n) is 2.94. The maximum Gasteiger partial charge on any atom is 0.308 e. The van der Waals surface area contributed by atoms with Crippen LogP contribution in [0.1, 0.15) is 25.7 Å². The van der Waals surface area contributed by atoms with E-state index in [2.05, 4.69) is 0 Å². The van der Waals surface area contributed by atoms with Crippen LogP contribution in [-0.4, -0.2) is 65.4 Å². The Morgan fingerprint density at radius 2 is 1.43 bits per heavy atom. The predicted molar refractivity (Wildman–Crippen MR) is 72.8 cm³/mol. The summed E-state index contributed by atoms with van der Waals surface area (Å²) in [6.45, 7) is 0.669. The molecule has 2 aliphatic rings. The normalized spacial score (nSPS) is 29.1. The van der Waals surface area contributed by atoms with E-state index in [-0.39, 0.29) is 19.5 Å². The number of aliphatic carboxylic acids is 2. The number of rotatable bonds is 4. The van der Waals surface area contributed by atoms with Gasteiger partial charge in [0, 0.05) is 26.2 Å². The molecular formula is C12H20N2O6S. The van der Waals surface area contributed by atoms with Crippen LogP contribution in [0.5, 0.6) is 0 Å². The third kappa shape index (κ3) is 3.35. The fraction of sp³-hybridized carbons (Fsp3) is 0.833. The van der Waals surface area contributed by atoms with Gasteiger partial charge in [-0.2, -0.15) is 17.0 Å². The lowest BCUT2D eigenvalue weighted by atomic mass is 9.86. The Kier molecular flexibility index (Phi) is 4.84. The second kappa shape index (κ2) is 6.29. The van der Waals surface area contributed by atoms with Gasteiger partial charge in [-0.1, -0.05) is 6.42 Å². The van der Waals surface area contributed by atoms with E-state index < -0.39 is 34.0 Å². The number of nitrogens with zero attached hydrogens (tertiary/aromatic N) is 2. The molecule has 0 aromatic heterocycles. The third-order valence-electron chi connectivity index (χ3n) is 4.18. The Balaban J connectivity index is 2.14. The first-order valence-electron chi connectivity index (χ1n) is 7.05. The molecule has 120 valence electrons. The standard InChI is InChI=1S/C12H20N2O6S/c15-11(16)9-4-7-14(8-10(9)12(17)18)21(19,20)13-5-2-1-3-6-13/h9-10H,1-8H2,(H,15,16)(H,17,18). The molecule has 0 saturated carbocycles. The van der Waals surface area contributed by atoms with E-state index in [4.69, 9.17) is 10.2 Å². The average molecular weight is 320 g/mol. The summed E-state index contributed by atoms with van der Waals surface area (Å²) in [5.41, 5.74) is 0. The Labute approximate surface area is 123 Å². The molecule has 2 rings (SSSR count). The number of carboxylic acid groups (broad SMARTS) is 2. The van der Waals surface area contributed by atoms with Crippen molar-refractivity contribution in [1.29, 1.82) is 0 Å². The van der Waals surface area contributed by atoms with Gasteiger partial charge in [0.25, 0.3) is 10.2 Å². The molecule has 9 heteroatoms. The first kappa shape index (κ1) is 16.2. The third-order valence-corrected chi connectivity index (χ3v) is 6.18. The Morgan fingerprint density at radius 1 is 0.857 bits per heavy atom. The molecule has 0 aromatic rings. The largest absolute Gasteiger partial charge is 0.481 e. The van der Waals surface area contributed by atoms with Crippen LogP contribution in [-0.2, 0) is 19.8 Å². The van der Waals surface area contributed by atoms with Crippen molar-refractivity contribution in [2.75, 3.05) is 26.2 Å². The maximum atomic E-state index is 12.5. The molecule has 21 heavy (non-hydrogen) atoms. The quantitative estimate of drug-likeness (QED) is 0.743. The topological polar surface area (TPSA) is 115 Å². The van der Waals surface area contributed by atoms with Crippen LogP contribution in [0.2, 0.25) is 0 Å². The zero-order valence-corrected chi connectivity index (χ0v) is 12.5. The lowest BCUT2D eigenvalue weighted by Crippen LogP contribution is -2.53. The van der Waals surface area contributed by atoms with Crippen molar-refractivity contribution < 1.29 is 28.2 Å². The molecule has 0 aliphatic carbocycles. The molecule has 2 aliphatic heterocycles. The summed E-state index contributed by atoms with van der Waals surface area (Å²) < 4.78 is 27.5. The highest BCUT2D eigenvalue weighted by atomic mass is 32.2. The molecule has 0 aromatic carbocycles. The minimum Gasteiger partial charge on any atom is -0.481 e. The van der Waals surface area contributed by atoms with E-state index >= 15 is 0 Å². The van der Waals surface area contributed by atoms with Gasteiger partial charge in [-0.05, 0) is 19.3 Å². The van der Waals surface area contributed by atoms with Crippen molar-refractivity contribution in [1.82, 2.24) is 8.61 Å². The van der Waals surface area contributed by atoms with Crippen molar-refractivity contribution in [2.24, 2.45) is 11.8 Å². The fourth-order valence-corrected chi connectivity index (χ4v) is 4.67. The number of hydrogen-bond donors (Lipinski definition) is 2. The van der Waals surface area contributed by atoms with Gasteiger partial charge < -0.3 is 10.2 Å². The highest BCUT2D eigenvalue weighted by Crippen LogP contribution is 2.28. The van der Waals surface area contributed by atoms with Gasteiger partial charge in [0.1, 0.15) is 0 Å². The van der Waals surface area contributed by atoms with Crippen LogP contribution in [0.15, 0.2) is 0 Å². The van der Waals surface area contributed by atoms with Crippen LogP contribution in [0.4, 0.5) is 0 Å². The van der Waals surface area contributed by atoms with Gasteiger partial charge in [0.15, 0.2) is 0 Å². The van der Waals surface area contributed by atoms with Gasteiger partial charge in [-0.3, -0.25) is 9.59 Å². The van der Waals surface area contributed by atoms with E-state index in [1.807, 2.05) is 0 Å². The van der Waals surface area contributed by atoms with Crippen molar-refractivity contribution in [3.63, 3.8) is 0 Å². The zero-order valence-electron chi connectivity index (χ0n) is 11.6. The number of carboxylic acids is 2. The van der Waals surface area contributed by atoms with Crippen LogP contribution in [0.25, 0.3) is 0 Å². The Morgan fingerprint density at radius 3 is 1.95 bits per heavy atom. The molecule has 2 atom stereocenters. The summed E-state index contributed by atoms with van der Waals surface area (Å²) >= 11 is 0. The molecule has 2 unspecified atom stereocenters.